The number of amides is 2. The summed E-state index contributed by atoms with van der Waals surface area (Å²) in [6.07, 6.45) is 2.25. The highest BCUT2D eigenvalue weighted by Gasteiger charge is 2.14. The molecule has 5 nitrogen and oxygen atoms in total. The smallest absolute Gasteiger partial charge is 0.315 e. The minimum atomic E-state index is -0.220. The number of thiazole rings is 1. The molecule has 0 aliphatic rings. The van der Waals surface area contributed by atoms with Gasteiger partial charge in [-0.2, -0.15) is 0 Å². The second-order valence-electron chi connectivity index (χ2n) is 5.24. The van der Waals surface area contributed by atoms with Crippen LogP contribution in [0, 0.1) is 0 Å². The van der Waals surface area contributed by atoms with Crippen molar-refractivity contribution in [2.24, 2.45) is 0 Å². The Balaban J connectivity index is 1.89. The number of nitrogens with zero attached hydrogens (tertiary/aromatic N) is 1. The number of aliphatic hydroxyl groups is 1. The fraction of sp³-hybridized carbons (Fsp3) is 0.412. The van der Waals surface area contributed by atoms with Gasteiger partial charge >= 0.3 is 6.03 Å². The van der Waals surface area contributed by atoms with E-state index in [-0.39, 0.29) is 18.7 Å². The maximum atomic E-state index is 12.1. The van der Waals surface area contributed by atoms with Crippen LogP contribution in [0.1, 0.15) is 42.1 Å². The van der Waals surface area contributed by atoms with Gasteiger partial charge in [0.05, 0.1) is 23.3 Å². The number of aliphatic hydroxyl groups excluding tert-OH is 1. The van der Waals surface area contributed by atoms with Crippen LogP contribution in [0.4, 0.5) is 4.79 Å². The third-order valence-electron chi connectivity index (χ3n) is 3.49. The summed E-state index contributed by atoms with van der Waals surface area (Å²) in [7, 11) is 0. The van der Waals surface area contributed by atoms with Crippen LogP contribution in [-0.2, 0) is 13.0 Å². The molecule has 1 aromatic carbocycles. The van der Waals surface area contributed by atoms with Crippen molar-refractivity contribution < 1.29 is 9.90 Å². The van der Waals surface area contributed by atoms with Crippen LogP contribution < -0.4 is 10.6 Å². The van der Waals surface area contributed by atoms with E-state index in [9.17, 15) is 4.79 Å². The number of aromatic nitrogens is 1. The molecule has 124 valence electrons. The molecule has 0 saturated carbocycles. The number of hydrogen-bond acceptors (Lipinski definition) is 4. The maximum absolute atomic E-state index is 12.1. The molecule has 23 heavy (non-hydrogen) atoms. The summed E-state index contributed by atoms with van der Waals surface area (Å²) < 4.78 is 0. The van der Waals surface area contributed by atoms with E-state index >= 15 is 0 Å². The second-order valence-corrected chi connectivity index (χ2v) is 6.18. The van der Waals surface area contributed by atoms with Crippen molar-refractivity contribution in [3.63, 3.8) is 0 Å². The SMILES string of the molecule is CCc1nc(CNC(=O)NC(CCCO)c2ccccc2)cs1. The molecular weight excluding hydrogens is 310 g/mol. The van der Waals surface area contributed by atoms with Crippen LogP contribution in [0.25, 0.3) is 0 Å². The van der Waals surface area contributed by atoms with Crippen molar-refractivity contribution >= 4 is 17.4 Å². The molecule has 0 radical (unpaired) electrons. The summed E-state index contributed by atoms with van der Waals surface area (Å²) in [6, 6.07) is 9.48. The van der Waals surface area contributed by atoms with Gasteiger partial charge in [-0.05, 0) is 24.8 Å². The molecular formula is C17H23N3O2S. The Morgan fingerprint density at radius 2 is 2.13 bits per heavy atom. The standard InChI is InChI=1S/C17H23N3O2S/c1-2-16-19-14(12-23-16)11-18-17(22)20-15(9-6-10-21)13-7-4-3-5-8-13/h3-5,7-8,12,15,21H,2,6,9-11H2,1H3,(H2,18,20,22). The lowest BCUT2D eigenvalue weighted by Gasteiger charge is -2.19. The van der Waals surface area contributed by atoms with Gasteiger partial charge < -0.3 is 15.7 Å². The van der Waals surface area contributed by atoms with Gasteiger partial charge in [0.25, 0.3) is 0 Å². The number of aryl methyl sites for hydroxylation is 1. The Bertz CT molecular complexity index is 601. The van der Waals surface area contributed by atoms with Crippen molar-refractivity contribution in [1.82, 2.24) is 15.6 Å². The first kappa shape index (κ1) is 17.4. The first-order valence-corrected chi connectivity index (χ1v) is 8.74. The van der Waals surface area contributed by atoms with Crippen molar-refractivity contribution in [3.05, 3.63) is 52.0 Å². The van der Waals surface area contributed by atoms with E-state index in [0.29, 0.717) is 19.4 Å². The number of carbonyl (C=O) groups is 1. The average molecular weight is 333 g/mol. The Morgan fingerprint density at radius 3 is 2.78 bits per heavy atom. The van der Waals surface area contributed by atoms with Gasteiger partial charge in [0.1, 0.15) is 0 Å². The zero-order valence-corrected chi connectivity index (χ0v) is 14.1. The van der Waals surface area contributed by atoms with E-state index in [1.54, 1.807) is 11.3 Å². The van der Waals surface area contributed by atoms with Gasteiger partial charge in [0.15, 0.2) is 0 Å². The fourth-order valence-corrected chi connectivity index (χ4v) is 3.02. The monoisotopic (exact) mass is 333 g/mol. The quantitative estimate of drug-likeness (QED) is 0.695. The van der Waals surface area contributed by atoms with E-state index in [1.807, 2.05) is 35.7 Å². The van der Waals surface area contributed by atoms with Gasteiger partial charge in [-0.1, -0.05) is 37.3 Å². The lowest BCUT2D eigenvalue weighted by molar-refractivity contribution is 0.232. The summed E-state index contributed by atoms with van der Waals surface area (Å²) in [5.41, 5.74) is 1.92. The first-order valence-electron chi connectivity index (χ1n) is 7.86. The molecule has 0 bridgehead atoms. The molecule has 0 spiro atoms. The highest BCUT2D eigenvalue weighted by Crippen LogP contribution is 2.18. The number of benzene rings is 1. The largest absolute Gasteiger partial charge is 0.396 e. The molecule has 3 N–H and O–H groups in total. The van der Waals surface area contributed by atoms with Crippen LogP contribution in [0.5, 0.6) is 0 Å². The Hall–Kier alpha value is -1.92. The van der Waals surface area contributed by atoms with E-state index in [2.05, 4.69) is 22.5 Å². The van der Waals surface area contributed by atoms with Gasteiger partial charge in [-0.3, -0.25) is 0 Å². The predicted molar refractivity (Wildman–Crippen MR) is 92.4 cm³/mol. The van der Waals surface area contributed by atoms with E-state index in [4.69, 9.17) is 5.11 Å². The summed E-state index contributed by atoms with van der Waals surface area (Å²) in [5.74, 6) is 0. The summed E-state index contributed by atoms with van der Waals surface area (Å²) in [4.78, 5) is 16.6. The molecule has 0 aliphatic carbocycles. The van der Waals surface area contributed by atoms with Crippen molar-refractivity contribution in [2.75, 3.05) is 6.61 Å². The van der Waals surface area contributed by atoms with Gasteiger partial charge in [0.2, 0.25) is 0 Å². The van der Waals surface area contributed by atoms with Crippen molar-refractivity contribution in [1.29, 1.82) is 0 Å². The van der Waals surface area contributed by atoms with Crippen molar-refractivity contribution in [3.8, 4) is 0 Å². The molecule has 1 unspecified atom stereocenters. The summed E-state index contributed by atoms with van der Waals surface area (Å²) in [5, 5.41) is 17.9. The normalized spacial score (nSPS) is 11.9. The van der Waals surface area contributed by atoms with Gasteiger partial charge in [-0.15, -0.1) is 11.3 Å². The third-order valence-corrected chi connectivity index (χ3v) is 4.53. The molecule has 1 aromatic heterocycles. The highest BCUT2D eigenvalue weighted by molar-refractivity contribution is 7.09. The number of rotatable bonds is 8. The summed E-state index contributed by atoms with van der Waals surface area (Å²) in [6.45, 7) is 2.60. The number of hydrogen-bond donors (Lipinski definition) is 3. The highest BCUT2D eigenvalue weighted by atomic mass is 32.1. The number of carbonyl (C=O) groups excluding carboxylic acids is 1. The first-order chi connectivity index (χ1) is 11.2. The zero-order valence-electron chi connectivity index (χ0n) is 13.3. The second kappa shape index (κ2) is 9.27. The van der Waals surface area contributed by atoms with E-state index < -0.39 is 0 Å². The molecule has 0 fully saturated rings. The van der Waals surface area contributed by atoms with Gasteiger partial charge in [0, 0.05) is 12.0 Å². The molecule has 6 heteroatoms. The molecule has 0 saturated heterocycles. The minimum Gasteiger partial charge on any atom is -0.396 e. The average Bonchev–Trinajstić information content (AvgIpc) is 3.05. The lowest BCUT2D eigenvalue weighted by Crippen LogP contribution is -2.37. The Labute approximate surface area is 140 Å². The zero-order chi connectivity index (χ0) is 16.5. The topological polar surface area (TPSA) is 74.2 Å². The minimum absolute atomic E-state index is 0.106. The van der Waals surface area contributed by atoms with E-state index in [0.717, 1.165) is 22.7 Å². The number of nitrogens with one attached hydrogen (secondary N) is 2. The molecule has 1 heterocycles. The fourth-order valence-electron chi connectivity index (χ4n) is 2.28. The van der Waals surface area contributed by atoms with Gasteiger partial charge in [-0.25, -0.2) is 9.78 Å². The third kappa shape index (κ3) is 5.65. The molecule has 2 aromatic rings. The Morgan fingerprint density at radius 1 is 1.35 bits per heavy atom. The number of urea groups is 1. The van der Waals surface area contributed by atoms with Crippen molar-refractivity contribution in [2.45, 2.75) is 38.8 Å². The van der Waals surface area contributed by atoms with Crippen LogP contribution in [0.3, 0.4) is 0 Å². The van der Waals surface area contributed by atoms with E-state index in [1.165, 1.54) is 0 Å². The lowest BCUT2D eigenvalue weighted by atomic mass is 10.0. The molecule has 0 aliphatic heterocycles. The Kier molecular flexibility index (Phi) is 7.03. The molecule has 2 rings (SSSR count). The maximum Gasteiger partial charge on any atom is 0.315 e. The molecule has 1 atom stereocenters. The predicted octanol–water partition coefficient (Wildman–Crippen LogP) is 3.02. The van der Waals surface area contributed by atoms with Crippen LogP contribution in [0.15, 0.2) is 35.7 Å². The molecule has 2 amide bonds. The van der Waals surface area contributed by atoms with Crippen LogP contribution in [0.2, 0.25) is 0 Å². The summed E-state index contributed by atoms with van der Waals surface area (Å²) >= 11 is 1.61. The van der Waals surface area contributed by atoms with Crippen LogP contribution in [-0.4, -0.2) is 22.7 Å². The van der Waals surface area contributed by atoms with Crippen LogP contribution >= 0.6 is 11.3 Å².